The lowest BCUT2D eigenvalue weighted by molar-refractivity contribution is 0.394. The van der Waals surface area contributed by atoms with Crippen molar-refractivity contribution in [1.82, 2.24) is 10.3 Å². The topological polar surface area (TPSA) is 38.1 Å². The molecule has 0 fully saturated rings. The molecule has 0 amide bonds. The lowest BCUT2D eigenvalue weighted by Crippen LogP contribution is -2.39. The van der Waals surface area contributed by atoms with E-state index in [1.54, 1.807) is 11.8 Å². The summed E-state index contributed by atoms with van der Waals surface area (Å²) in [5.41, 5.74) is 1.18. The van der Waals surface area contributed by atoms with Gasteiger partial charge in [-0.05, 0) is 47.1 Å². The normalized spacial score (nSPS) is 14.0. The van der Waals surface area contributed by atoms with E-state index in [2.05, 4.69) is 38.0 Å². The highest BCUT2D eigenvalue weighted by molar-refractivity contribution is 7.99. The van der Waals surface area contributed by atoms with Gasteiger partial charge in [-0.1, -0.05) is 18.7 Å². The van der Waals surface area contributed by atoms with Gasteiger partial charge in [-0.2, -0.15) is 0 Å². The van der Waals surface area contributed by atoms with Crippen LogP contribution < -0.4 is 5.32 Å². The summed E-state index contributed by atoms with van der Waals surface area (Å²) in [4.78, 5) is 4.37. The van der Waals surface area contributed by atoms with Crippen LogP contribution in [-0.4, -0.2) is 22.8 Å². The number of hydrogen-bond acceptors (Lipinski definition) is 4. The predicted molar refractivity (Wildman–Crippen MR) is 73.6 cm³/mol. The standard InChI is InChI=1S/C13H24N2OS/c1-9(7-14-13(4,5)6)8-17-12-15-10(2)11(3)16-12/h9,14H,7-8H2,1-6H3. The first kappa shape index (κ1) is 14.6. The second kappa shape index (κ2) is 5.91. The molecule has 1 N–H and O–H groups in total. The van der Waals surface area contributed by atoms with E-state index in [1.807, 2.05) is 13.8 Å². The average molecular weight is 256 g/mol. The van der Waals surface area contributed by atoms with E-state index in [0.29, 0.717) is 5.92 Å². The van der Waals surface area contributed by atoms with Crippen molar-refractivity contribution in [2.24, 2.45) is 5.92 Å². The molecular weight excluding hydrogens is 232 g/mol. The third-order valence-electron chi connectivity index (χ3n) is 2.48. The Bertz CT molecular complexity index is 335. The highest BCUT2D eigenvalue weighted by Crippen LogP contribution is 2.22. The molecule has 0 radical (unpaired) electrons. The molecule has 3 nitrogen and oxygen atoms in total. The summed E-state index contributed by atoms with van der Waals surface area (Å²) >= 11 is 1.70. The van der Waals surface area contributed by atoms with Gasteiger partial charge in [-0.15, -0.1) is 0 Å². The SMILES string of the molecule is Cc1nc(SCC(C)CNC(C)(C)C)oc1C. The molecule has 17 heavy (non-hydrogen) atoms. The monoisotopic (exact) mass is 256 g/mol. The molecule has 0 saturated carbocycles. The number of nitrogens with one attached hydrogen (secondary N) is 1. The van der Waals surface area contributed by atoms with Crippen molar-refractivity contribution >= 4 is 11.8 Å². The molecule has 0 aromatic carbocycles. The average Bonchev–Trinajstić information content (AvgIpc) is 2.51. The smallest absolute Gasteiger partial charge is 0.256 e. The predicted octanol–water partition coefficient (Wildman–Crippen LogP) is 3.41. The zero-order chi connectivity index (χ0) is 13.1. The minimum atomic E-state index is 0.190. The molecule has 1 rings (SSSR count). The molecule has 0 bridgehead atoms. The molecule has 0 saturated heterocycles. The van der Waals surface area contributed by atoms with Crippen molar-refractivity contribution in [3.63, 3.8) is 0 Å². The van der Waals surface area contributed by atoms with Gasteiger partial charge in [0.2, 0.25) is 0 Å². The van der Waals surface area contributed by atoms with Gasteiger partial charge in [0, 0.05) is 11.3 Å². The molecule has 0 aliphatic rings. The number of hydrogen-bond donors (Lipinski definition) is 1. The Morgan fingerprint density at radius 3 is 2.47 bits per heavy atom. The van der Waals surface area contributed by atoms with Crippen molar-refractivity contribution in [2.45, 2.75) is 52.3 Å². The van der Waals surface area contributed by atoms with Gasteiger partial charge in [0.25, 0.3) is 5.22 Å². The number of aryl methyl sites for hydroxylation is 2. The van der Waals surface area contributed by atoms with E-state index >= 15 is 0 Å². The van der Waals surface area contributed by atoms with E-state index in [1.165, 1.54) is 0 Å². The first-order valence-electron chi connectivity index (χ1n) is 6.10. The van der Waals surface area contributed by atoms with Crippen LogP contribution in [0.4, 0.5) is 0 Å². The second-order valence-corrected chi connectivity index (χ2v) is 6.64. The number of aromatic nitrogens is 1. The first-order valence-corrected chi connectivity index (χ1v) is 7.08. The van der Waals surface area contributed by atoms with Gasteiger partial charge in [-0.3, -0.25) is 0 Å². The minimum absolute atomic E-state index is 0.190. The molecule has 0 aliphatic heterocycles. The Morgan fingerprint density at radius 2 is 2.00 bits per heavy atom. The van der Waals surface area contributed by atoms with Crippen molar-refractivity contribution < 1.29 is 4.42 Å². The molecule has 4 heteroatoms. The molecular formula is C13H24N2OS. The maximum absolute atomic E-state index is 5.54. The molecule has 98 valence electrons. The fourth-order valence-electron chi connectivity index (χ4n) is 1.26. The zero-order valence-electron chi connectivity index (χ0n) is 11.8. The Hall–Kier alpha value is -0.480. The van der Waals surface area contributed by atoms with E-state index in [4.69, 9.17) is 4.42 Å². The summed E-state index contributed by atoms with van der Waals surface area (Å²) in [6, 6.07) is 0. The summed E-state index contributed by atoms with van der Waals surface area (Å²) < 4.78 is 5.54. The van der Waals surface area contributed by atoms with Crippen molar-refractivity contribution in [3.8, 4) is 0 Å². The van der Waals surface area contributed by atoms with Gasteiger partial charge >= 0.3 is 0 Å². The zero-order valence-corrected chi connectivity index (χ0v) is 12.6. The van der Waals surface area contributed by atoms with Crippen LogP contribution in [0.1, 0.15) is 39.1 Å². The van der Waals surface area contributed by atoms with Gasteiger partial charge in [-0.25, -0.2) is 4.98 Å². The largest absolute Gasteiger partial charge is 0.437 e. The van der Waals surface area contributed by atoms with Gasteiger partial charge in [0.15, 0.2) is 0 Å². The number of rotatable bonds is 5. The Balaban J connectivity index is 2.31. The Morgan fingerprint density at radius 1 is 1.35 bits per heavy atom. The number of oxazole rings is 1. The van der Waals surface area contributed by atoms with Crippen LogP contribution in [0.3, 0.4) is 0 Å². The fourth-order valence-corrected chi connectivity index (χ4v) is 2.19. The van der Waals surface area contributed by atoms with Crippen LogP contribution in [0, 0.1) is 19.8 Å². The van der Waals surface area contributed by atoms with Crippen molar-refractivity contribution in [1.29, 1.82) is 0 Å². The number of thioether (sulfide) groups is 1. The van der Waals surface area contributed by atoms with E-state index < -0.39 is 0 Å². The van der Waals surface area contributed by atoms with Gasteiger partial charge in [0.05, 0.1) is 5.69 Å². The van der Waals surface area contributed by atoms with E-state index in [0.717, 1.165) is 29.0 Å². The molecule has 1 atom stereocenters. The summed E-state index contributed by atoms with van der Waals surface area (Å²) in [5.74, 6) is 2.56. The fraction of sp³-hybridized carbons (Fsp3) is 0.769. The second-order valence-electron chi connectivity index (χ2n) is 5.67. The first-order chi connectivity index (χ1) is 7.78. The van der Waals surface area contributed by atoms with Gasteiger partial charge in [0.1, 0.15) is 5.76 Å². The molecule has 1 unspecified atom stereocenters. The van der Waals surface area contributed by atoms with Crippen LogP contribution in [0.15, 0.2) is 9.64 Å². The lowest BCUT2D eigenvalue weighted by atomic mass is 10.1. The quantitative estimate of drug-likeness (QED) is 0.819. The molecule has 0 spiro atoms. The Kier molecular flexibility index (Phi) is 5.07. The molecule has 1 aromatic heterocycles. The summed E-state index contributed by atoms with van der Waals surface area (Å²) in [6.45, 7) is 13.8. The summed E-state index contributed by atoms with van der Waals surface area (Å²) in [5, 5.41) is 4.30. The van der Waals surface area contributed by atoms with Crippen LogP contribution in [0.5, 0.6) is 0 Å². The third-order valence-corrected chi connectivity index (χ3v) is 3.64. The maximum Gasteiger partial charge on any atom is 0.256 e. The highest BCUT2D eigenvalue weighted by Gasteiger charge is 2.13. The summed E-state index contributed by atoms with van der Waals surface area (Å²) in [6.07, 6.45) is 0. The van der Waals surface area contributed by atoms with Crippen LogP contribution in [0.25, 0.3) is 0 Å². The van der Waals surface area contributed by atoms with Crippen molar-refractivity contribution in [3.05, 3.63) is 11.5 Å². The van der Waals surface area contributed by atoms with E-state index in [9.17, 15) is 0 Å². The van der Waals surface area contributed by atoms with Gasteiger partial charge < -0.3 is 9.73 Å². The summed E-state index contributed by atoms with van der Waals surface area (Å²) in [7, 11) is 0. The molecule has 1 heterocycles. The Labute approximate surface area is 109 Å². The number of nitrogens with zero attached hydrogens (tertiary/aromatic N) is 1. The van der Waals surface area contributed by atoms with Crippen LogP contribution >= 0.6 is 11.8 Å². The van der Waals surface area contributed by atoms with Crippen molar-refractivity contribution in [2.75, 3.05) is 12.3 Å². The van der Waals surface area contributed by atoms with Crippen LogP contribution in [-0.2, 0) is 0 Å². The minimum Gasteiger partial charge on any atom is -0.437 e. The third kappa shape index (κ3) is 5.59. The highest BCUT2D eigenvalue weighted by atomic mass is 32.2. The van der Waals surface area contributed by atoms with E-state index in [-0.39, 0.29) is 5.54 Å². The van der Waals surface area contributed by atoms with Crippen LogP contribution in [0.2, 0.25) is 0 Å². The molecule has 0 aliphatic carbocycles. The lowest BCUT2D eigenvalue weighted by Gasteiger charge is -2.23. The molecule has 1 aromatic rings. The maximum atomic E-state index is 5.54.